The van der Waals surface area contributed by atoms with Crippen molar-refractivity contribution in [1.29, 1.82) is 0 Å². The van der Waals surface area contributed by atoms with E-state index in [0.29, 0.717) is 12.2 Å². The van der Waals surface area contributed by atoms with Crippen molar-refractivity contribution < 1.29 is 24.4 Å². The zero-order valence-corrected chi connectivity index (χ0v) is 13.3. The molecule has 0 saturated heterocycles. The highest BCUT2D eigenvalue weighted by Gasteiger charge is 2.32. The van der Waals surface area contributed by atoms with E-state index in [2.05, 4.69) is 0 Å². The fourth-order valence-electron chi connectivity index (χ4n) is 1.95. The van der Waals surface area contributed by atoms with Crippen LogP contribution in [0.5, 0.6) is 5.75 Å². The van der Waals surface area contributed by atoms with Crippen molar-refractivity contribution in [2.75, 3.05) is 13.2 Å². The van der Waals surface area contributed by atoms with E-state index in [-0.39, 0.29) is 18.6 Å². The van der Waals surface area contributed by atoms with E-state index in [9.17, 15) is 25.3 Å². The van der Waals surface area contributed by atoms with Crippen molar-refractivity contribution in [2.24, 2.45) is 0 Å². The van der Waals surface area contributed by atoms with Gasteiger partial charge < -0.3 is 14.6 Å². The third kappa shape index (κ3) is 4.86. The summed E-state index contributed by atoms with van der Waals surface area (Å²) in [7, 11) is 0. The standard InChI is InChI=1S/C14H20N2O7/c1-4-6-22-7-5-12(17)23-14-11(15(18)19)8-9(2)10(3)13(14)16(20)21/h8,12,17H,4-7H2,1-3H3. The zero-order chi connectivity index (χ0) is 17.6. The molecule has 0 spiro atoms. The third-order valence-electron chi connectivity index (χ3n) is 3.24. The molecule has 0 radical (unpaired) electrons. The van der Waals surface area contributed by atoms with Gasteiger partial charge in [0.25, 0.3) is 5.75 Å². The van der Waals surface area contributed by atoms with Crippen LogP contribution in [-0.2, 0) is 4.74 Å². The number of nitro benzene ring substituents is 2. The van der Waals surface area contributed by atoms with Gasteiger partial charge in [-0.25, -0.2) is 0 Å². The summed E-state index contributed by atoms with van der Waals surface area (Å²) in [6.45, 7) is 5.63. The fraction of sp³-hybridized carbons (Fsp3) is 0.571. The lowest BCUT2D eigenvalue weighted by molar-refractivity contribution is -0.397. The van der Waals surface area contributed by atoms with Crippen LogP contribution in [0.3, 0.4) is 0 Å². The molecule has 1 unspecified atom stereocenters. The molecule has 0 bridgehead atoms. The summed E-state index contributed by atoms with van der Waals surface area (Å²) in [5.74, 6) is -0.536. The van der Waals surface area contributed by atoms with E-state index in [1.807, 2.05) is 6.92 Å². The SMILES string of the molecule is CCCOCCC(O)Oc1c([N+](=O)[O-])cc(C)c(C)c1[N+](=O)[O-]. The maximum absolute atomic E-state index is 11.2. The Hall–Kier alpha value is -2.26. The second kappa shape index (κ2) is 8.39. The van der Waals surface area contributed by atoms with Gasteiger partial charge in [0.2, 0.25) is 0 Å². The minimum atomic E-state index is -1.44. The maximum atomic E-state index is 11.2. The molecule has 9 nitrogen and oxygen atoms in total. The molecule has 0 fully saturated rings. The van der Waals surface area contributed by atoms with Gasteiger partial charge in [0.15, 0.2) is 6.29 Å². The quantitative estimate of drug-likeness (QED) is 0.319. The van der Waals surface area contributed by atoms with Crippen LogP contribution < -0.4 is 4.74 Å². The second-order valence-corrected chi connectivity index (χ2v) is 5.00. The van der Waals surface area contributed by atoms with E-state index in [1.54, 1.807) is 0 Å². The molecule has 23 heavy (non-hydrogen) atoms. The number of aryl methyl sites for hydroxylation is 1. The number of hydrogen-bond acceptors (Lipinski definition) is 7. The van der Waals surface area contributed by atoms with Gasteiger partial charge in [0.1, 0.15) is 0 Å². The van der Waals surface area contributed by atoms with Crippen LogP contribution in [0.1, 0.15) is 30.9 Å². The van der Waals surface area contributed by atoms with Crippen LogP contribution in [0.4, 0.5) is 11.4 Å². The summed E-state index contributed by atoms with van der Waals surface area (Å²) in [6.07, 6.45) is -0.585. The monoisotopic (exact) mass is 328 g/mol. The lowest BCUT2D eigenvalue weighted by atomic mass is 10.1. The van der Waals surface area contributed by atoms with Gasteiger partial charge >= 0.3 is 11.4 Å². The highest BCUT2D eigenvalue weighted by atomic mass is 16.6. The van der Waals surface area contributed by atoms with Crippen molar-refractivity contribution in [2.45, 2.75) is 39.9 Å². The Kier molecular flexibility index (Phi) is 6.86. The topological polar surface area (TPSA) is 125 Å². The summed E-state index contributed by atoms with van der Waals surface area (Å²) in [5, 5.41) is 32.2. The van der Waals surface area contributed by atoms with E-state index >= 15 is 0 Å². The van der Waals surface area contributed by atoms with Gasteiger partial charge in [-0.15, -0.1) is 0 Å². The van der Waals surface area contributed by atoms with Crippen LogP contribution >= 0.6 is 0 Å². The summed E-state index contributed by atoms with van der Waals surface area (Å²) in [6, 6.07) is 1.19. The number of aliphatic hydroxyl groups is 1. The molecule has 1 rings (SSSR count). The first kappa shape index (κ1) is 18.8. The van der Waals surface area contributed by atoms with Crippen molar-refractivity contribution in [3.8, 4) is 5.75 Å². The van der Waals surface area contributed by atoms with Crippen LogP contribution in [0, 0.1) is 34.1 Å². The molecule has 0 aliphatic heterocycles. The second-order valence-electron chi connectivity index (χ2n) is 5.00. The van der Waals surface area contributed by atoms with E-state index in [4.69, 9.17) is 9.47 Å². The first-order valence-electron chi connectivity index (χ1n) is 7.15. The fourth-order valence-corrected chi connectivity index (χ4v) is 1.95. The van der Waals surface area contributed by atoms with Gasteiger partial charge in [-0.1, -0.05) is 6.92 Å². The van der Waals surface area contributed by atoms with Gasteiger partial charge in [-0.3, -0.25) is 20.2 Å². The molecule has 9 heteroatoms. The van der Waals surface area contributed by atoms with E-state index in [0.717, 1.165) is 6.42 Å². The zero-order valence-electron chi connectivity index (χ0n) is 13.3. The summed E-state index contributed by atoms with van der Waals surface area (Å²) in [5.41, 5.74) is -0.403. The van der Waals surface area contributed by atoms with Crippen molar-refractivity contribution in [3.05, 3.63) is 37.4 Å². The number of nitrogens with zero attached hydrogens (tertiary/aromatic N) is 2. The molecule has 0 aliphatic rings. The number of rotatable bonds is 9. The highest BCUT2D eigenvalue weighted by molar-refractivity contribution is 5.66. The summed E-state index contributed by atoms with van der Waals surface area (Å²) >= 11 is 0. The Bertz CT molecular complexity index is 589. The normalized spacial score (nSPS) is 12.0. The van der Waals surface area contributed by atoms with E-state index < -0.39 is 33.3 Å². The van der Waals surface area contributed by atoms with Crippen LogP contribution in [0.25, 0.3) is 0 Å². The van der Waals surface area contributed by atoms with Crippen LogP contribution in [0.15, 0.2) is 6.07 Å². The van der Waals surface area contributed by atoms with E-state index in [1.165, 1.54) is 19.9 Å². The predicted octanol–water partition coefficient (Wildman–Crippen LogP) is 2.63. The van der Waals surface area contributed by atoms with Gasteiger partial charge in [0.05, 0.1) is 16.5 Å². The number of aliphatic hydroxyl groups excluding tert-OH is 1. The number of hydrogen-bond donors (Lipinski definition) is 1. The van der Waals surface area contributed by atoms with Crippen molar-refractivity contribution >= 4 is 11.4 Å². The smallest absolute Gasteiger partial charge is 0.321 e. The number of ether oxygens (including phenoxy) is 2. The molecule has 0 saturated carbocycles. The average Bonchev–Trinajstić information content (AvgIpc) is 2.46. The lowest BCUT2D eigenvalue weighted by Crippen LogP contribution is -2.20. The first-order valence-corrected chi connectivity index (χ1v) is 7.15. The Labute approximate surface area is 133 Å². The number of benzene rings is 1. The van der Waals surface area contributed by atoms with Crippen LogP contribution in [0.2, 0.25) is 0 Å². The van der Waals surface area contributed by atoms with Crippen molar-refractivity contribution in [3.63, 3.8) is 0 Å². The highest BCUT2D eigenvalue weighted by Crippen LogP contribution is 2.41. The largest absolute Gasteiger partial charge is 0.452 e. The average molecular weight is 328 g/mol. The minimum absolute atomic E-state index is 0.0429. The molecule has 1 aromatic carbocycles. The summed E-state index contributed by atoms with van der Waals surface area (Å²) in [4.78, 5) is 20.9. The maximum Gasteiger partial charge on any atom is 0.321 e. The third-order valence-corrected chi connectivity index (χ3v) is 3.24. The predicted molar refractivity (Wildman–Crippen MR) is 81.6 cm³/mol. The molecule has 128 valence electrons. The van der Waals surface area contributed by atoms with Crippen molar-refractivity contribution in [1.82, 2.24) is 0 Å². The molecule has 0 aliphatic carbocycles. The Balaban J connectivity index is 3.10. The van der Waals surface area contributed by atoms with Gasteiger partial charge in [-0.2, -0.15) is 0 Å². The molecule has 1 N–H and O–H groups in total. The lowest BCUT2D eigenvalue weighted by Gasteiger charge is -2.15. The number of nitro groups is 2. The Morgan fingerprint density at radius 1 is 1.22 bits per heavy atom. The minimum Gasteiger partial charge on any atom is -0.452 e. The molecular weight excluding hydrogens is 308 g/mol. The van der Waals surface area contributed by atoms with Gasteiger partial charge in [-0.05, 0) is 25.8 Å². The summed E-state index contributed by atoms with van der Waals surface area (Å²) < 4.78 is 10.3. The molecule has 1 aromatic rings. The van der Waals surface area contributed by atoms with Crippen LogP contribution in [-0.4, -0.2) is 34.5 Å². The Morgan fingerprint density at radius 3 is 2.39 bits per heavy atom. The molecule has 0 amide bonds. The van der Waals surface area contributed by atoms with Gasteiger partial charge in [0, 0.05) is 24.7 Å². The molecular formula is C14H20N2O7. The Morgan fingerprint density at radius 2 is 1.87 bits per heavy atom. The molecule has 0 aromatic heterocycles. The molecule has 1 atom stereocenters. The first-order chi connectivity index (χ1) is 10.8. The molecule has 0 heterocycles.